The predicted octanol–water partition coefficient (Wildman–Crippen LogP) is 0.792. The van der Waals surface area contributed by atoms with Gasteiger partial charge in [0.2, 0.25) is 0 Å². The Morgan fingerprint density at radius 2 is 2.06 bits per heavy atom. The van der Waals surface area contributed by atoms with Crippen LogP contribution >= 0.6 is 0 Å². The number of amides is 1. The number of aliphatic hydroxyl groups is 1. The molecule has 2 aliphatic rings. The van der Waals surface area contributed by atoms with Gasteiger partial charge in [0.05, 0.1) is 6.10 Å². The minimum absolute atomic E-state index is 0.0540. The number of fused-ring (bicyclic) bond motifs is 2. The molecule has 2 atom stereocenters. The molecule has 5 heteroatoms. The summed E-state index contributed by atoms with van der Waals surface area (Å²) in [5.41, 5.74) is 6.64. The molecule has 96 valence electrons. The number of carbonyl (C=O) groups is 1. The zero-order valence-electron chi connectivity index (χ0n) is 10.1. The van der Waals surface area contributed by atoms with E-state index in [1.54, 1.807) is 18.3 Å². The van der Waals surface area contributed by atoms with Crippen LogP contribution in [0.5, 0.6) is 0 Å². The lowest BCUT2D eigenvalue weighted by Crippen LogP contribution is -2.48. The summed E-state index contributed by atoms with van der Waals surface area (Å²) in [5, 5.41) is 9.73. The molecule has 2 fully saturated rings. The molecule has 1 amide bonds. The largest absolute Gasteiger partial charge is 0.399 e. The zero-order valence-corrected chi connectivity index (χ0v) is 10.1. The molecule has 0 radical (unpaired) electrons. The van der Waals surface area contributed by atoms with E-state index >= 15 is 0 Å². The van der Waals surface area contributed by atoms with Gasteiger partial charge in [-0.3, -0.25) is 9.78 Å². The van der Waals surface area contributed by atoms with Crippen LogP contribution in [0.25, 0.3) is 0 Å². The minimum Gasteiger partial charge on any atom is -0.399 e. The topological polar surface area (TPSA) is 79.5 Å². The molecule has 2 unspecified atom stereocenters. The number of rotatable bonds is 1. The van der Waals surface area contributed by atoms with E-state index < -0.39 is 0 Å². The van der Waals surface area contributed by atoms with Gasteiger partial charge < -0.3 is 15.7 Å². The third kappa shape index (κ3) is 1.84. The highest BCUT2D eigenvalue weighted by Crippen LogP contribution is 2.36. The van der Waals surface area contributed by atoms with Crippen LogP contribution in [0.2, 0.25) is 0 Å². The first-order valence-corrected chi connectivity index (χ1v) is 6.37. The Morgan fingerprint density at radius 1 is 1.39 bits per heavy atom. The summed E-state index contributed by atoms with van der Waals surface area (Å²) in [6.07, 6.45) is 4.63. The maximum absolute atomic E-state index is 12.4. The molecule has 3 N–H and O–H groups in total. The minimum atomic E-state index is -0.264. The lowest BCUT2D eigenvalue weighted by atomic mass is 9.99. The molecule has 0 aliphatic carbocycles. The summed E-state index contributed by atoms with van der Waals surface area (Å²) >= 11 is 0. The second-order valence-corrected chi connectivity index (χ2v) is 5.20. The van der Waals surface area contributed by atoms with E-state index in [9.17, 15) is 9.90 Å². The normalized spacial score (nSPS) is 30.5. The van der Waals surface area contributed by atoms with Gasteiger partial charge in [0, 0.05) is 24.0 Å². The maximum Gasteiger partial charge on any atom is 0.273 e. The van der Waals surface area contributed by atoms with Crippen LogP contribution in [-0.4, -0.2) is 39.1 Å². The van der Waals surface area contributed by atoms with E-state index in [0.29, 0.717) is 24.2 Å². The first kappa shape index (κ1) is 11.5. The average molecular weight is 247 g/mol. The average Bonchev–Trinajstić information content (AvgIpc) is 2.61. The molecular weight excluding hydrogens is 230 g/mol. The molecule has 0 saturated carbocycles. The molecule has 0 spiro atoms. The van der Waals surface area contributed by atoms with Crippen LogP contribution in [0, 0.1) is 0 Å². The number of aliphatic hydroxyl groups excluding tert-OH is 1. The van der Waals surface area contributed by atoms with Crippen LogP contribution < -0.4 is 5.73 Å². The quantitative estimate of drug-likeness (QED) is 0.769. The molecule has 3 heterocycles. The predicted molar refractivity (Wildman–Crippen MR) is 66.9 cm³/mol. The number of pyridine rings is 1. The number of piperidine rings is 1. The van der Waals surface area contributed by atoms with Crippen LogP contribution in [0.15, 0.2) is 18.3 Å². The number of aromatic nitrogens is 1. The first-order valence-electron chi connectivity index (χ1n) is 6.37. The molecule has 1 aromatic heterocycles. The summed E-state index contributed by atoms with van der Waals surface area (Å²) in [7, 11) is 0. The van der Waals surface area contributed by atoms with Gasteiger partial charge in [-0.2, -0.15) is 0 Å². The molecule has 1 aromatic rings. The third-order valence-electron chi connectivity index (χ3n) is 3.95. The molecule has 3 rings (SSSR count). The van der Waals surface area contributed by atoms with Crippen molar-refractivity contribution in [1.29, 1.82) is 0 Å². The molecule has 0 aromatic carbocycles. The number of hydrogen-bond donors (Lipinski definition) is 2. The van der Waals surface area contributed by atoms with Crippen molar-refractivity contribution in [2.45, 2.75) is 43.9 Å². The smallest absolute Gasteiger partial charge is 0.273 e. The highest BCUT2D eigenvalue weighted by Gasteiger charge is 2.43. The molecule has 2 saturated heterocycles. The molecule has 18 heavy (non-hydrogen) atoms. The van der Waals surface area contributed by atoms with Crippen molar-refractivity contribution < 1.29 is 9.90 Å². The number of nitrogens with two attached hydrogens (primary N) is 1. The Hall–Kier alpha value is -1.62. The standard InChI is InChI=1S/C13H17N3O2/c14-8-3-4-15-12(5-8)13(18)16-9-1-2-10(16)7-11(17)6-9/h3-5,9-11,17H,1-2,6-7H2,(H2,14,15). The Balaban J connectivity index is 1.85. The lowest BCUT2D eigenvalue weighted by molar-refractivity contribution is 0.0282. The van der Waals surface area contributed by atoms with E-state index in [4.69, 9.17) is 5.73 Å². The van der Waals surface area contributed by atoms with Crippen molar-refractivity contribution in [3.63, 3.8) is 0 Å². The Labute approximate surface area is 106 Å². The first-order chi connectivity index (χ1) is 8.65. The molecule has 2 aliphatic heterocycles. The maximum atomic E-state index is 12.4. The Morgan fingerprint density at radius 3 is 2.67 bits per heavy atom. The molecule has 2 bridgehead atoms. The van der Waals surface area contributed by atoms with Crippen molar-refractivity contribution in [3.8, 4) is 0 Å². The van der Waals surface area contributed by atoms with Gasteiger partial charge in [0.1, 0.15) is 5.69 Å². The van der Waals surface area contributed by atoms with Crippen LogP contribution in [0.3, 0.4) is 0 Å². The van der Waals surface area contributed by atoms with Crippen LogP contribution in [-0.2, 0) is 0 Å². The fourth-order valence-corrected chi connectivity index (χ4v) is 3.18. The molecule has 5 nitrogen and oxygen atoms in total. The van der Waals surface area contributed by atoms with Crippen molar-refractivity contribution in [3.05, 3.63) is 24.0 Å². The fourth-order valence-electron chi connectivity index (χ4n) is 3.18. The third-order valence-corrected chi connectivity index (χ3v) is 3.95. The number of hydrogen-bond acceptors (Lipinski definition) is 4. The van der Waals surface area contributed by atoms with E-state index in [0.717, 1.165) is 12.8 Å². The van der Waals surface area contributed by atoms with E-state index in [1.165, 1.54) is 0 Å². The van der Waals surface area contributed by atoms with Crippen molar-refractivity contribution in [2.24, 2.45) is 0 Å². The number of nitrogens with zero attached hydrogens (tertiary/aromatic N) is 2. The number of anilines is 1. The van der Waals surface area contributed by atoms with E-state index in [2.05, 4.69) is 4.98 Å². The summed E-state index contributed by atoms with van der Waals surface area (Å²) in [6, 6.07) is 3.61. The molecular formula is C13H17N3O2. The van der Waals surface area contributed by atoms with Crippen LogP contribution in [0.4, 0.5) is 5.69 Å². The second-order valence-electron chi connectivity index (χ2n) is 5.20. The Kier molecular flexibility index (Phi) is 2.70. The summed E-state index contributed by atoms with van der Waals surface area (Å²) in [4.78, 5) is 18.4. The van der Waals surface area contributed by atoms with Gasteiger partial charge in [-0.1, -0.05) is 0 Å². The Bertz CT molecular complexity index is 463. The highest BCUT2D eigenvalue weighted by molar-refractivity contribution is 5.93. The number of carbonyl (C=O) groups excluding carboxylic acids is 1. The van der Waals surface area contributed by atoms with Gasteiger partial charge >= 0.3 is 0 Å². The lowest BCUT2D eigenvalue weighted by Gasteiger charge is -2.37. The van der Waals surface area contributed by atoms with Gasteiger partial charge in [0.25, 0.3) is 5.91 Å². The van der Waals surface area contributed by atoms with Gasteiger partial charge in [-0.25, -0.2) is 0 Å². The van der Waals surface area contributed by atoms with Crippen LogP contribution in [0.1, 0.15) is 36.2 Å². The van der Waals surface area contributed by atoms with E-state index in [-0.39, 0.29) is 24.1 Å². The SMILES string of the molecule is Nc1ccnc(C(=O)N2C3CCC2CC(O)C3)c1. The number of nitrogen functional groups attached to an aromatic ring is 1. The zero-order chi connectivity index (χ0) is 12.7. The van der Waals surface area contributed by atoms with Crippen molar-refractivity contribution in [2.75, 3.05) is 5.73 Å². The van der Waals surface area contributed by atoms with Gasteiger partial charge in [-0.05, 0) is 37.8 Å². The summed E-state index contributed by atoms with van der Waals surface area (Å²) in [5.74, 6) is -0.0540. The van der Waals surface area contributed by atoms with Crippen molar-refractivity contribution >= 4 is 11.6 Å². The summed E-state index contributed by atoms with van der Waals surface area (Å²) < 4.78 is 0. The van der Waals surface area contributed by atoms with Gasteiger partial charge in [-0.15, -0.1) is 0 Å². The summed E-state index contributed by atoms with van der Waals surface area (Å²) in [6.45, 7) is 0. The van der Waals surface area contributed by atoms with Crippen molar-refractivity contribution in [1.82, 2.24) is 9.88 Å². The van der Waals surface area contributed by atoms with E-state index in [1.807, 2.05) is 4.90 Å². The fraction of sp³-hybridized carbons (Fsp3) is 0.538. The monoisotopic (exact) mass is 247 g/mol. The highest BCUT2D eigenvalue weighted by atomic mass is 16.3. The van der Waals surface area contributed by atoms with Gasteiger partial charge in [0.15, 0.2) is 0 Å². The second kappa shape index (κ2) is 4.24.